The molecule has 0 radical (unpaired) electrons. The van der Waals surface area contributed by atoms with Crippen LogP contribution in [-0.2, 0) is 22.6 Å². The van der Waals surface area contributed by atoms with E-state index in [1.54, 1.807) is 6.20 Å². The summed E-state index contributed by atoms with van der Waals surface area (Å²) in [6.07, 6.45) is 2.03. The zero-order valence-corrected chi connectivity index (χ0v) is 10.2. The van der Waals surface area contributed by atoms with E-state index in [4.69, 9.17) is 10.8 Å². The highest BCUT2D eigenvalue weighted by Crippen LogP contribution is 1.99. The number of nitrogens with one attached hydrogen (secondary N) is 1. The summed E-state index contributed by atoms with van der Waals surface area (Å²) < 4.78 is 1.50. The SMILES string of the molecule is CCNC(=O)CCn1cc(CC(N)C(=O)O)nn1. The summed E-state index contributed by atoms with van der Waals surface area (Å²) in [5.41, 5.74) is 5.88. The molecule has 8 heteroatoms. The first-order chi connectivity index (χ1) is 8.52. The Morgan fingerprint density at radius 3 is 2.94 bits per heavy atom. The maximum absolute atomic E-state index is 11.2. The molecule has 100 valence electrons. The van der Waals surface area contributed by atoms with Crippen molar-refractivity contribution in [2.45, 2.75) is 32.4 Å². The maximum atomic E-state index is 11.2. The van der Waals surface area contributed by atoms with Crippen LogP contribution >= 0.6 is 0 Å². The molecular formula is C10H17N5O3. The molecule has 1 aromatic heterocycles. The number of carboxylic acids is 1. The average Bonchev–Trinajstić information content (AvgIpc) is 2.74. The molecule has 4 N–H and O–H groups in total. The van der Waals surface area contributed by atoms with Crippen LogP contribution in [0.3, 0.4) is 0 Å². The minimum atomic E-state index is -1.08. The lowest BCUT2D eigenvalue weighted by Crippen LogP contribution is -2.32. The minimum Gasteiger partial charge on any atom is -0.480 e. The first-order valence-electron chi connectivity index (χ1n) is 5.67. The second-order valence-electron chi connectivity index (χ2n) is 3.83. The van der Waals surface area contributed by atoms with Gasteiger partial charge in [0.15, 0.2) is 0 Å². The molecule has 8 nitrogen and oxygen atoms in total. The van der Waals surface area contributed by atoms with Crippen molar-refractivity contribution in [3.63, 3.8) is 0 Å². The number of rotatable bonds is 7. The third-order valence-corrected chi connectivity index (χ3v) is 2.27. The summed E-state index contributed by atoms with van der Waals surface area (Å²) >= 11 is 0. The van der Waals surface area contributed by atoms with E-state index in [0.717, 1.165) is 0 Å². The van der Waals surface area contributed by atoms with E-state index in [1.165, 1.54) is 4.68 Å². The number of aryl methyl sites for hydroxylation is 1. The van der Waals surface area contributed by atoms with Crippen molar-refractivity contribution in [2.75, 3.05) is 6.54 Å². The van der Waals surface area contributed by atoms with Gasteiger partial charge in [-0.15, -0.1) is 5.10 Å². The quantitative estimate of drug-likeness (QED) is 0.560. The van der Waals surface area contributed by atoms with Crippen LogP contribution in [-0.4, -0.2) is 44.6 Å². The molecule has 1 heterocycles. The van der Waals surface area contributed by atoms with E-state index in [0.29, 0.717) is 25.2 Å². The molecule has 1 aromatic rings. The van der Waals surface area contributed by atoms with Gasteiger partial charge in [-0.3, -0.25) is 14.3 Å². The van der Waals surface area contributed by atoms with Gasteiger partial charge in [0.2, 0.25) is 5.91 Å². The number of hydrogen-bond donors (Lipinski definition) is 3. The molecule has 0 aliphatic heterocycles. The monoisotopic (exact) mass is 255 g/mol. The first kappa shape index (κ1) is 14.1. The summed E-state index contributed by atoms with van der Waals surface area (Å²) in [7, 11) is 0. The van der Waals surface area contributed by atoms with E-state index in [1.807, 2.05) is 6.92 Å². The van der Waals surface area contributed by atoms with Gasteiger partial charge < -0.3 is 16.2 Å². The molecule has 0 fully saturated rings. The Bertz CT molecular complexity index is 417. The fourth-order valence-corrected chi connectivity index (χ4v) is 1.36. The van der Waals surface area contributed by atoms with Crippen LogP contribution in [0.15, 0.2) is 6.20 Å². The number of aromatic nitrogens is 3. The molecule has 0 saturated heterocycles. The van der Waals surface area contributed by atoms with E-state index in [-0.39, 0.29) is 12.3 Å². The molecular weight excluding hydrogens is 238 g/mol. The first-order valence-corrected chi connectivity index (χ1v) is 5.67. The molecule has 1 rings (SSSR count). The molecule has 0 saturated carbocycles. The number of nitrogens with two attached hydrogens (primary N) is 1. The Kier molecular flexibility index (Phi) is 5.25. The third kappa shape index (κ3) is 4.50. The summed E-state index contributed by atoms with van der Waals surface area (Å²) in [4.78, 5) is 21.8. The Labute approximate surface area is 104 Å². The van der Waals surface area contributed by atoms with Gasteiger partial charge in [-0.05, 0) is 6.92 Å². The highest BCUT2D eigenvalue weighted by molar-refractivity contribution is 5.75. The van der Waals surface area contributed by atoms with E-state index >= 15 is 0 Å². The van der Waals surface area contributed by atoms with Crippen molar-refractivity contribution in [3.8, 4) is 0 Å². The predicted molar refractivity (Wildman–Crippen MR) is 62.6 cm³/mol. The summed E-state index contributed by atoms with van der Waals surface area (Å²) in [6.45, 7) is 2.84. The largest absolute Gasteiger partial charge is 0.480 e. The Morgan fingerprint density at radius 2 is 2.33 bits per heavy atom. The van der Waals surface area contributed by atoms with Gasteiger partial charge in [0.1, 0.15) is 6.04 Å². The Balaban J connectivity index is 2.43. The van der Waals surface area contributed by atoms with Crippen molar-refractivity contribution in [3.05, 3.63) is 11.9 Å². The van der Waals surface area contributed by atoms with Crippen molar-refractivity contribution < 1.29 is 14.7 Å². The number of carboxylic acid groups (broad SMARTS) is 1. The average molecular weight is 255 g/mol. The fraction of sp³-hybridized carbons (Fsp3) is 0.600. The lowest BCUT2D eigenvalue weighted by atomic mass is 10.2. The second kappa shape index (κ2) is 6.70. The zero-order valence-electron chi connectivity index (χ0n) is 10.2. The third-order valence-electron chi connectivity index (χ3n) is 2.27. The molecule has 1 atom stereocenters. The standard InChI is InChI=1S/C10H17N5O3/c1-2-12-9(16)3-4-15-6-7(13-14-15)5-8(11)10(17)18/h6,8H,2-5,11H2,1H3,(H,12,16)(H,17,18). The highest BCUT2D eigenvalue weighted by Gasteiger charge is 2.14. The topological polar surface area (TPSA) is 123 Å². The maximum Gasteiger partial charge on any atom is 0.320 e. The van der Waals surface area contributed by atoms with Crippen molar-refractivity contribution in [2.24, 2.45) is 5.73 Å². The van der Waals surface area contributed by atoms with Crippen molar-refractivity contribution in [1.29, 1.82) is 0 Å². The van der Waals surface area contributed by atoms with Gasteiger partial charge in [0.05, 0.1) is 12.2 Å². The molecule has 0 aromatic carbocycles. The molecule has 1 amide bonds. The smallest absolute Gasteiger partial charge is 0.320 e. The highest BCUT2D eigenvalue weighted by atomic mass is 16.4. The number of carbonyl (C=O) groups excluding carboxylic acids is 1. The van der Waals surface area contributed by atoms with Crippen LogP contribution in [0.5, 0.6) is 0 Å². The lowest BCUT2D eigenvalue weighted by molar-refractivity contribution is -0.138. The van der Waals surface area contributed by atoms with Gasteiger partial charge >= 0.3 is 5.97 Å². The van der Waals surface area contributed by atoms with Crippen LogP contribution in [0.4, 0.5) is 0 Å². The normalized spacial score (nSPS) is 12.1. The Hall–Kier alpha value is -1.96. The number of amides is 1. The van der Waals surface area contributed by atoms with Gasteiger partial charge in [-0.25, -0.2) is 0 Å². The number of carbonyl (C=O) groups is 2. The van der Waals surface area contributed by atoms with Crippen LogP contribution in [0.25, 0.3) is 0 Å². The van der Waals surface area contributed by atoms with Crippen molar-refractivity contribution >= 4 is 11.9 Å². The van der Waals surface area contributed by atoms with Crippen molar-refractivity contribution in [1.82, 2.24) is 20.3 Å². The van der Waals surface area contributed by atoms with Gasteiger partial charge in [-0.2, -0.15) is 0 Å². The molecule has 1 unspecified atom stereocenters. The van der Waals surface area contributed by atoms with Gasteiger partial charge in [-0.1, -0.05) is 5.21 Å². The van der Waals surface area contributed by atoms with Crippen LogP contribution < -0.4 is 11.1 Å². The number of nitrogens with zero attached hydrogens (tertiary/aromatic N) is 3. The summed E-state index contributed by atoms with van der Waals surface area (Å²) in [6, 6.07) is -0.987. The fourth-order valence-electron chi connectivity index (χ4n) is 1.36. The second-order valence-corrected chi connectivity index (χ2v) is 3.83. The zero-order chi connectivity index (χ0) is 13.5. The number of aliphatic carboxylic acids is 1. The van der Waals surface area contributed by atoms with Crippen LogP contribution in [0.2, 0.25) is 0 Å². The minimum absolute atomic E-state index is 0.0585. The Morgan fingerprint density at radius 1 is 1.61 bits per heavy atom. The van der Waals surface area contributed by atoms with Crippen LogP contribution in [0, 0.1) is 0 Å². The predicted octanol–water partition coefficient (Wildman–Crippen LogP) is -1.24. The molecule has 0 bridgehead atoms. The molecule has 0 aliphatic rings. The summed E-state index contributed by atoms with van der Waals surface area (Å²) in [5, 5.41) is 18.9. The molecule has 18 heavy (non-hydrogen) atoms. The summed E-state index contributed by atoms with van der Waals surface area (Å²) in [5.74, 6) is -1.14. The number of hydrogen-bond acceptors (Lipinski definition) is 5. The lowest BCUT2D eigenvalue weighted by Gasteiger charge is -2.02. The van der Waals surface area contributed by atoms with Crippen LogP contribution in [0.1, 0.15) is 19.0 Å². The van der Waals surface area contributed by atoms with E-state index in [2.05, 4.69) is 15.6 Å². The van der Waals surface area contributed by atoms with E-state index in [9.17, 15) is 9.59 Å². The van der Waals surface area contributed by atoms with Gasteiger partial charge in [0.25, 0.3) is 0 Å². The molecule has 0 spiro atoms. The van der Waals surface area contributed by atoms with Gasteiger partial charge in [0, 0.05) is 25.6 Å². The van der Waals surface area contributed by atoms with E-state index < -0.39 is 12.0 Å². The molecule has 0 aliphatic carbocycles.